The number of alkyl halides is 2. The van der Waals surface area contributed by atoms with Gasteiger partial charge in [-0.1, -0.05) is 12.2 Å². The average Bonchev–Trinajstić information content (AvgIpc) is 3.16. The number of nitrogens with one attached hydrogen (secondary N) is 1. The van der Waals surface area contributed by atoms with E-state index in [1.807, 2.05) is 0 Å². The summed E-state index contributed by atoms with van der Waals surface area (Å²) in [6.07, 6.45) is -4.57. The third-order valence-corrected chi connectivity index (χ3v) is 5.56. The molecule has 2 fully saturated rings. The minimum atomic E-state index is -2.85. The number of esters is 1. The molecular weight excluding hydrogens is 484 g/mol. The molecule has 2 saturated heterocycles. The molecule has 2 amide bonds. The second-order valence-corrected chi connectivity index (χ2v) is 8.01. The molecular formula is C20H22F4N4O5S. The topological polar surface area (TPSA) is 91.4 Å². The molecule has 9 nitrogen and oxygen atoms in total. The molecule has 2 heterocycles. The Labute approximate surface area is 197 Å². The van der Waals surface area contributed by atoms with Crippen LogP contribution in [0.5, 0.6) is 0 Å². The van der Waals surface area contributed by atoms with E-state index in [1.54, 1.807) is 0 Å². The van der Waals surface area contributed by atoms with E-state index in [-0.39, 0.29) is 50.6 Å². The van der Waals surface area contributed by atoms with Gasteiger partial charge in [0.25, 0.3) is 12.3 Å². The van der Waals surface area contributed by atoms with Crippen molar-refractivity contribution in [3.05, 3.63) is 23.8 Å². The quantitative estimate of drug-likeness (QED) is 0.340. The smallest absolute Gasteiger partial charge is 0.414 e. The van der Waals surface area contributed by atoms with Gasteiger partial charge in [-0.3, -0.25) is 14.5 Å². The third-order valence-electron chi connectivity index (χ3n) is 5.24. The lowest BCUT2D eigenvalue weighted by molar-refractivity contribution is -0.150. The predicted molar refractivity (Wildman–Crippen MR) is 116 cm³/mol. The molecule has 1 atom stereocenters. The van der Waals surface area contributed by atoms with Crippen molar-refractivity contribution in [1.82, 2.24) is 10.2 Å². The van der Waals surface area contributed by atoms with Gasteiger partial charge >= 0.3 is 12.1 Å². The summed E-state index contributed by atoms with van der Waals surface area (Å²) in [5.74, 6) is -2.82. The van der Waals surface area contributed by atoms with E-state index < -0.39 is 53.7 Å². The summed E-state index contributed by atoms with van der Waals surface area (Å²) in [5, 5.41) is 2.29. The van der Waals surface area contributed by atoms with Crippen molar-refractivity contribution in [2.45, 2.75) is 19.5 Å². The number of hydrogen-bond donors (Lipinski definition) is 1. The van der Waals surface area contributed by atoms with E-state index in [1.165, 1.54) is 16.7 Å². The Morgan fingerprint density at radius 1 is 1.21 bits per heavy atom. The number of ether oxygens (including phenoxy) is 2. The van der Waals surface area contributed by atoms with E-state index in [0.717, 1.165) is 17.0 Å². The van der Waals surface area contributed by atoms with Crippen molar-refractivity contribution in [2.75, 3.05) is 55.7 Å². The maximum Gasteiger partial charge on any atom is 0.414 e. The van der Waals surface area contributed by atoms with E-state index in [4.69, 9.17) is 4.74 Å². The van der Waals surface area contributed by atoms with Gasteiger partial charge in [0.1, 0.15) is 16.8 Å². The second-order valence-electron chi connectivity index (χ2n) is 7.57. The van der Waals surface area contributed by atoms with Crippen LogP contribution in [0.15, 0.2) is 12.1 Å². The van der Waals surface area contributed by atoms with Gasteiger partial charge in [0.05, 0.1) is 18.8 Å². The molecule has 1 aromatic carbocycles. The van der Waals surface area contributed by atoms with Gasteiger partial charge in [0.2, 0.25) is 0 Å². The van der Waals surface area contributed by atoms with E-state index in [2.05, 4.69) is 22.3 Å². The normalized spacial score (nSPS) is 18.2. The van der Waals surface area contributed by atoms with Crippen LogP contribution in [0.4, 0.5) is 33.7 Å². The van der Waals surface area contributed by atoms with Gasteiger partial charge < -0.3 is 24.6 Å². The van der Waals surface area contributed by atoms with E-state index in [0.29, 0.717) is 0 Å². The first-order valence-corrected chi connectivity index (χ1v) is 10.7. The van der Waals surface area contributed by atoms with Crippen LogP contribution in [0.2, 0.25) is 0 Å². The van der Waals surface area contributed by atoms with Gasteiger partial charge in [-0.05, 0) is 0 Å². The lowest BCUT2D eigenvalue weighted by atomic mass is 10.2. The number of benzene rings is 1. The van der Waals surface area contributed by atoms with Crippen LogP contribution in [-0.4, -0.2) is 86.3 Å². The Bertz CT molecular complexity index is 951. The molecule has 1 N–H and O–H groups in total. The average molecular weight is 506 g/mol. The van der Waals surface area contributed by atoms with E-state index >= 15 is 0 Å². The number of hydrogen-bond acceptors (Lipinski definition) is 7. The number of carbonyl (C=O) groups excluding carboxylic acids is 3. The maximum atomic E-state index is 14.9. The standard InChI is InChI=1S/C20H22F4N4O5S/c1-11(29)32-10-16(30)26-2-4-27(5-3-26)17-14(21)6-12(7-15(17)22)28-9-13(33-20(28)31)8-25-19(34)18(23)24/h6-7,13,18H,2-5,8-10H2,1H3,(H,25,34). The van der Waals surface area contributed by atoms with Crippen LogP contribution in [0.25, 0.3) is 0 Å². The molecule has 14 heteroatoms. The SMILES string of the molecule is CC(=O)OCC(=O)N1CCN(c2c(F)cc(N3CC(CNC(=S)C(F)F)OC3=O)cc2F)CC1. The molecule has 0 radical (unpaired) electrons. The number of thiocarbonyl (C=S) groups is 1. The van der Waals surface area contributed by atoms with Crippen LogP contribution in [-0.2, 0) is 19.1 Å². The van der Waals surface area contributed by atoms with Crippen molar-refractivity contribution in [3.63, 3.8) is 0 Å². The Hall–Kier alpha value is -3.16. The monoisotopic (exact) mass is 506 g/mol. The minimum absolute atomic E-state index is 0.0853. The maximum absolute atomic E-state index is 14.9. The predicted octanol–water partition coefficient (Wildman–Crippen LogP) is 1.68. The summed E-state index contributed by atoms with van der Waals surface area (Å²) in [6.45, 7) is 1.13. The first kappa shape index (κ1) is 25.5. The molecule has 2 aliphatic rings. The number of anilines is 2. The number of rotatable bonds is 7. The van der Waals surface area contributed by atoms with Crippen molar-refractivity contribution >= 4 is 46.6 Å². The van der Waals surface area contributed by atoms with Gasteiger partial charge in [-0.2, -0.15) is 0 Å². The first-order valence-electron chi connectivity index (χ1n) is 10.3. The number of halogens is 4. The third kappa shape index (κ3) is 6.04. The summed E-state index contributed by atoms with van der Waals surface area (Å²) in [7, 11) is 0. The zero-order chi connectivity index (χ0) is 25.0. The van der Waals surface area contributed by atoms with Crippen LogP contribution in [0.3, 0.4) is 0 Å². The Kier molecular flexibility index (Phi) is 8.12. The molecule has 0 spiro atoms. The molecule has 1 aromatic rings. The summed E-state index contributed by atoms with van der Waals surface area (Å²) in [4.78, 5) is 38.2. The van der Waals surface area contributed by atoms with Gasteiger partial charge in [0, 0.05) is 45.2 Å². The minimum Gasteiger partial charge on any atom is -0.456 e. The fourth-order valence-corrected chi connectivity index (χ4v) is 3.66. The molecule has 3 rings (SSSR count). The van der Waals surface area contributed by atoms with Gasteiger partial charge in [-0.25, -0.2) is 22.4 Å². The molecule has 0 saturated carbocycles. The Balaban J connectivity index is 1.62. The highest BCUT2D eigenvalue weighted by Crippen LogP contribution is 2.31. The number of amides is 2. The lowest BCUT2D eigenvalue weighted by Gasteiger charge is -2.36. The highest BCUT2D eigenvalue weighted by Gasteiger charge is 2.34. The van der Waals surface area contributed by atoms with Crippen LogP contribution < -0.4 is 15.1 Å². The van der Waals surface area contributed by atoms with Crippen LogP contribution in [0, 0.1) is 11.6 Å². The molecule has 186 valence electrons. The first-order chi connectivity index (χ1) is 16.1. The molecule has 1 unspecified atom stereocenters. The lowest BCUT2D eigenvalue weighted by Crippen LogP contribution is -2.50. The molecule has 34 heavy (non-hydrogen) atoms. The molecule has 2 aliphatic heterocycles. The van der Waals surface area contributed by atoms with Crippen LogP contribution in [0.1, 0.15) is 6.92 Å². The number of nitrogens with zero attached hydrogens (tertiary/aromatic N) is 3. The van der Waals surface area contributed by atoms with Gasteiger partial charge in [0.15, 0.2) is 18.2 Å². The Morgan fingerprint density at radius 2 is 1.82 bits per heavy atom. The number of piperazine rings is 1. The fourth-order valence-electron chi connectivity index (χ4n) is 3.57. The largest absolute Gasteiger partial charge is 0.456 e. The summed E-state index contributed by atoms with van der Waals surface area (Å²) in [5.41, 5.74) is -0.387. The molecule has 0 aromatic heterocycles. The summed E-state index contributed by atoms with van der Waals surface area (Å²) in [6, 6.07) is 1.97. The Morgan fingerprint density at radius 3 is 2.38 bits per heavy atom. The zero-order valence-corrected chi connectivity index (χ0v) is 18.9. The highest BCUT2D eigenvalue weighted by molar-refractivity contribution is 7.80. The highest BCUT2D eigenvalue weighted by atomic mass is 32.1. The van der Waals surface area contributed by atoms with Crippen molar-refractivity contribution < 1.29 is 41.4 Å². The van der Waals surface area contributed by atoms with Crippen molar-refractivity contribution in [1.29, 1.82) is 0 Å². The van der Waals surface area contributed by atoms with Crippen LogP contribution >= 0.6 is 12.2 Å². The summed E-state index contributed by atoms with van der Waals surface area (Å²) < 4.78 is 64.4. The van der Waals surface area contributed by atoms with E-state index in [9.17, 15) is 31.9 Å². The second kappa shape index (κ2) is 10.8. The van der Waals surface area contributed by atoms with Crippen molar-refractivity contribution in [2.24, 2.45) is 0 Å². The number of cyclic esters (lactones) is 1. The molecule has 0 aliphatic carbocycles. The molecule has 0 bridgehead atoms. The number of carbonyl (C=O) groups is 3. The zero-order valence-electron chi connectivity index (χ0n) is 18.1. The summed E-state index contributed by atoms with van der Waals surface area (Å²) >= 11 is 4.46. The van der Waals surface area contributed by atoms with Crippen molar-refractivity contribution in [3.8, 4) is 0 Å². The van der Waals surface area contributed by atoms with Gasteiger partial charge in [-0.15, -0.1) is 0 Å². The fraction of sp³-hybridized carbons (Fsp3) is 0.500.